The minimum Gasteiger partial charge on any atom is -0.305 e. The van der Waals surface area contributed by atoms with Crippen LogP contribution in [0.2, 0.25) is 5.02 Å². The summed E-state index contributed by atoms with van der Waals surface area (Å²) in [6.07, 6.45) is 1.46. The molecule has 0 aliphatic rings. The average Bonchev–Trinajstić information content (AvgIpc) is 2.40. The van der Waals surface area contributed by atoms with Gasteiger partial charge in [0, 0.05) is 11.8 Å². The van der Waals surface area contributed by atoms with E-state index in [2.05, 4.69) is 10.3 Å². The van der Waals surface area contributed by atoms with Crippen LogP contribution in [0.5, 0.6) is 0 Å². The number of pyridine rings is 1. The van der Waals surface area contributed by atoms with Gasteiger partial charge in [-0.1, -0.05) is 23.7 Å². The highest BCUT2D eigenvalue weighted by molar-refractivity contribution is 6.33. The summed E-state index contributed by atoms with van der Waals surface area (Å²) in [5, 5.41) is 13.8. The molecule has 2 rings (SSSR count). The molecule has 102 valence electrons. The smallest absolute Gasteiger partial charge is 0.285 e. The lowest BCUT2D eigenvalue weighted by molar-refractivity contribution is -0.385. The first-order chi connectivity index (χ1) is 9.50. The third-order valence-corrected chi connectivity index (χ3v) is 2.96. The van der Waals surface area contributed by atoms with Crippen LogP contribution >= 0.6 is 11.6 Å². The zero-order chi connectivity index (χ0) is 14.7. The number of aromatic nitrogens is 1. The van der Waals surface area contributed by atoms with Crippen LogP contribution in [-0.4, -0.2) is 15.8 Å². The molecule has 1 aromatic carbocycles. The fraction of sp³-hybridized carbons (Fsp3) is 0.0769. The molecule has 2 aromatic rings. The molecule has 6 nitrogen and oxygen atoms in total. The standard InChI is InChI=1S/C13H10ClN3O3/c1-8-4-2-5-9(11(8)17(19)20)13(18)16-12-10(14)6-3-7-15-12/h2-7H,1H3,(H,15,16,18). The van der Waals surface area contributed by atoms with Crippen LogP contribution in [-0.2, 0) is 0 Å². The van der Waals surface area contributed by atoms with Crippen molar-refractivity contribution in [2.45, 2.75) is 6.92 Å². The van der Waals surface area contributed by atoms with E-state index in [-0.39, 0.29) is 22.1 Å². The summed E-state index contributed by atoms with van der Waals surface area (Å²) in [5.74, 6) is -0.462. The number of hydrogen-bond acceptors (Lipinski definition) is 4. The van der Waals surface area contributed by atoms with Gasteiger partial charge in [0.1, 0.15) is 5.56 Å². The number of rotatable bonds is 3. The van der Waals surface area contributed by atoms with Gasteiger partial charge >= 0.3 is 0 Å². The molecule has 0 bridgehead atoms. The normalized spacial score (nSPS) is 10.1. The average molecular weight is 292 g/mol. The SMILES string of the molecule is Cc1cccc(C(=O)Nc2ncccc2Cl)c1[N+](=O)[O-]. The van der Waals surface area contributed by atoms with Gasteiger partial charge in [-0.3, -0.25) is 14.9 Å². The van der Waals surface area contributed by atoms with Crippen molar-refractivity contribution in [1.29, 1.82) is 0 Å². The Balaban J connectivity index is 2.38. The number of benzene rings is 1. The van der Waals surface area contributed by atoms with E-state index >= 15 is 0 Å². The molecule has 7 heteroatoms. The van der Waals surface area contributed by atoms with Gasteiger partial charge < -0.3 is 5.32 Å². The zero-order valence-electron chi connectivity index (χ0n) is 10.5. The van der Waals surface area contributed by atoms with Gasteiger partial charge in [0.25, 0.3) is 11.6 Å². The van der Waals surface area contributed by atoms with Gasteiger partial charge in [0.15, 0.2) is 5.82 Å². The summed E-state index contributed by atoms with van der Waals surface area (Å²) in [7, 11) is 0. The largest absolute Gasteiger partial charge is 0.305 e. The van der Waals surface area contributed by atoms with E-state index in [1.807, 2.05) is 0 Å². The van der Waals surface area contributed by atoms with E-state index in [0.717, 1.165) is 0 Å². The van der Waals surface area contributed by atoms with Gasteiger partial charge in [0.2, 0.25) is 0 Å². The molecule has 1 heterocycles. The Morgan fingerprint density at radius 2 is 2.10 bits per heavy atom. The van der Waals surface area contributed by atoms with E-state index in [1.165, 1.54) is 12.3 Å². The number of anilines is 1. The lowest BCUT2D eigenvalue weighted by atomic mass is 10.1. The maximum atomic E-state index is 12.1. The number of carbonyl (C=O) groups excluding carboxylic acids is 1. The van der Waals surface area contributed by atoms with Crippen LogP contribution in [0.15, 0.2) is 36.5 Å². The molecule has 0 spiro atoms. The minimum absolute atomic E-state index is 0.0308. The maximum Gasteiger partial charge on any atom is 0.285 e. The summed E-state index contributed by atoms with van der Waals surface area (Å²) in [6, 6.07) is 7.72. The molecule has 1 amide bonds. The fourth-order valence-electron chi connectivity index (χ4n) is 1.74. The van der Waals surface area contributed by atoms with E-state index < -0.39 is 10.8 Å². The molecule has 0 atom stereocenters. The first-order valence-electron chi connectivity index (χ1n) is 5.66. The van der Waals surface area contributed by atoms with E-state index in [4.69, 9.17) is 11.6 Å². The quantitative estimate of drug-likeness (QED) is 0.695. The summed E-state index contributed by atoms with van der Waals surface area (Å²) >= 11 is 5.88. The van der Waals surface area contributed by atoms with Gasteiger partial charge in [-0.2, -0.15) is 0 Å². The second-order valence-electron chi connectivity index (χ2n) is 4.02. The minimum atomic E-state index is -0.624. The Bertz CT molecular complexity index is 688. The van der Waals surface area contributed by atoms with E-state index in [0.29, 0.717) is 5.56 Å². The number of nitrogens with zero attached hydrogens (tertiary/aromatic N) is 2. The van der Waals surface area contributed by atoms with Gasteiger partial charge in [-0.15, -0.1) is 0 Å². The van der Waals surface area contributed by atoms with Crippen molar-refractivity contribution < 1.29 is 9.72 Å². The molecule has 0 saturated heterocycles. The third-order valence-electron chi connectivity index (χ3n) is 2.66. The Hall–Kier alpha value is -2.47. The molecular weight excluding hydrogens is 282 g/mol. The topological polar surface area (TPSA) is 85.1 Å². The van der Waals surface area contributed by atoms with Crippen molar-refractivity contribution >= 4 is 29.0 Å². The summed E-state index contributed by atoms with van der Waals surface area (Å²) in [4.78, 5) is 26.5. The molecule has 1 N–H and O–H groups in total. The van der Waals surface area contributed by atoms with Crippen LogP contribution in [0.3, 0.4) is 0 Å². The van der Waals surface area contributed by atoms with Crippen molar-refractivity contribution in [1.82, 2.24) is 4.98 Å². The highest BCUT2D eigenvalue weighted by Gasteiger charge is 2.23. The molecule has 0 radical (unpaired) electrons. The van der Waals surface area contributed by atoms with Crippen molar-refractivity contribution in [3.63, 3.8) is 0 Å². The Morgan fingerprint density at radius 1 is 1.35 bits per heavy atom. The number of amides is 1. The molecule has 20 heavy (non-hydrogen) atoms. The maximum absolute atomic E-state index is 12.1. The second kappa shape index (κ2) is 5.66. The van der Waals surface area contributed by atoms with Crippen molar-refractivity contribution in [2.24, 2.45) is 0 Å². The molecule has 0 unspecified atom stereocenters. The van der Waals surface area contributed by atoms with Crippen LogP contribution < -0.4 is 5.32 Å². The van der Waals surface area contributed by atoms with E-state index in [9.17, 15) is 14.9 Å². The highest BCUT2D eigenvalue weighted by atomic mass is 35.5. The summed E-state index contributed by atoms with van der Waals surface area (Å²) < 4.78 is 0. The molecular formula is C13H10ClN3O3. The molecule has 0 aliphatic carbocycles. The van der Waals surface area contributed by atoms with Gasteiger partial charge in [-0.05, 0) is 25.1 Å². The monoisotopic (exact) mass is 291 g/mol. The molecule has 1 aromatic heterocycles. The molecule has 0 saturated carbocycles. The highest BCUT2D eigenvalue weighted by Crippen LogP contribution is 2.25. The number of nitro benzene ring substituents is 1. The molecule has 0 aliphatic heterocycles. The number of halogens is 1. The Labute approximate surface area is 119 Å². The van der Waals surface area contributed by atoms with Crippen molar-refractivity contribution in [2.75, 3.05) is 5.32 Å². The van der Waals surface area contributed by atoms with Crippen LogP contribution in [0, 0.1) is 17.0 Å². The van der Waals surface area contributed by atoms with E-state index in [1.54, 1.807) is 31.2 Å². The van der Waals surface area contributed by atoms with Crippen LogP contribution in [0.1, 0.15) is 15.9 Å². The fourth-order valence-corrected chi connectivity index (χ4v) is 1.91. The van der Waals surface area contributed by atoms with Gasteiger partial charge in [0.05, 0.1) is 9.95 Å². The zero-order valence-corrected chi connectivity index (χ0v) is 11.2. The number of nitro groups is 1. The second-order valence-corrected chi connectivity index (χ2v) is 4.42. The Morgan fingerprint density at radius 3 is 2.75 bits per heavy atom. The lowest BCUT2D eigenvalue weighted by Crippen LogP contribution is -2.15. The Kier molecular flexibility index (Phi) is 3.95. The number of hydrogen-bond donors (Lipinski definition) is 1. The lowest BCUT2D eigenvalue weighted by Gasteiger charge is -2.07. The summed E-state index contributed by atoms with van der Waals surface area (Å²) in [5.41, 5.74) is 0.156. The van der Waals surface area contributed by atoms with Crippen LogP contribution in [0.25, 0.3) is 0 Å². The number of carbonyl (C=O) groups is 1. The number of aryl methyl sites for hydroxylation is 1. The first-order valence-corrected chi connectivity index (χ1v) is 6.04. The predicted molar refractivity (Wildman–Crippen MR) is 75.0 cm³/mol. The third kappa shape index (κ3) is 2.75. The predicted octanol–water partition coefficient (Wildman–Crippen LogP) is 3.20. The van der Waals surface area contributed by atoms with Crippen molar-refractivity contribution in [3.05, 3.63) is 62.8 Å². The number of para-hydroxylation sites is 1. The number of nitrogens with one attached hydrogen (secondary N) is 1. The summed E-state index contributed by atoms with van der Waals surface area (Å²) in [6.45, 7) is 1.57. The van der Waals surface area contributed by atoms with Gasteiger partial charge in [-0.25, -0.2) is 4.98 Å². The van der Waals surface area contributed by atoms with Crippen molar-refractivity contribution in [3.8, 4) is 0 Å². The van der Waals surface area contributed by atoms with Crippen LogP contribution in [0.4, 0.5) is 11.5 Å². The molecule has 0 fully saturated rings. The first kappa shape index (κ1) is 14.0.